The minimum atomic E-state index is -1.32. The van der Waals surface area contributed by atoms with Gasteiger partial charge in [-0.1, -0.05) is 6.08 Å². The molecule has 0 aromatic carbocycles. The number of carbonyl (C=O) groups excluding carboxylic acids is 1. The van der Waals surface area contributed by atoms with Crippen LogP contribution >= 0.6 is 0 Å². The largest absolute Gasteiger partial charge is 0.479 e. The number of rotatable bonds is 2. The van der Waals surface area contributed by atoms with E-state index in [2.05, 4.69) is 6.58 Å². The van der Waals surface area contributed by atoms with E-state index in [1.165, 1.54) is 11.0 Å². The standard InChI is InChI=1S/C12H19NO4/c1-5-12(9(14)15)7-6-8-13(12)10(16)17-11(2,3)4/h5H,1,6-8H2,2-4H3,(H,14,15)/t12-/m1/s1. The fourth-order valence-corrected chi connectivity index (χ4v) is 1.93. The molecule has 1 fully saturated rings. The van der Waals surface area contributed by atoms with Crippen LogP contribution in [-0.4, -0.2) is 39.8 Å². The van der Waals surface area contributed by atoms with Gasteiger partial charge < -0.3 is 9.84 Å². The monoisotopic (exact) mass is 241 g/mol. The number of carboxylic acids is 1. The van der Waals surface area contributed by atoms with Crippen LogP contribution in [-0.2, 0) is 9.53 Å². The lowest BCUT2D eigenvalue weighted by atomic mass is 9.97. The van der Waals surface area contributed by atoms with Gasteiger partial charge in [-0.2, -0.15) is 0 Å². The smallest absolute Gasteiger partial charge is 0.411 e. The fourth-order valence-electron chi connectivity index (χ4n) is 1.93. The van der Waals surface area contributed by atoms with Gasteiger partial charge in [-0.25, -0.2) is 9.59 Å². The van der Waals surface area contributed by atoms with Gasteiger partial charge in [-0.3, -0.25) is 4.90 Å². The lowest BCUT2D eigenvalue weighted by Crippen LogP contribution is -2.52. The molecule has 0 radical (unpaired) electrons. The molecule has 0 aromatic rings. The lowest BCUT2D eigenvalue weighted by Gasteiger charge is -2.33. The summed E-state index contributed by atoms with van der Waals surface area (Å²) in [7, 11) is 0. The van der Waals surface area contributed by atoms with Crippen molar-refractivity contribution in [1.82, 2.24) is 4.90 Å². The molecule has 0 aromatic heterocycles. The average Bonchev–Trinajstić information content (AvgIpc) is 2.59. The summed E-state index contributed by atoms with van der Waals surface area (Å²) in [5.74, 6) is -1.06. The predicted octanol–water partition coefficient (Wildman–Crippen LogP) is 2.03. The van der Waals surface area contributed by atoms with E-state index in [0.717, 1.165) is 0 Å². The molecule has 0 saturated carbocycles. The van der Waals surface area contributed by atoms with Gasteiger partial charge in [0.15, 0.2) is 5.54 Å². The number of carboxylic acid groups (broad SMARTS) is 1. The van der Waals surface area contributed by atoms with E-state index in [1.54, 1.807) is 20.8 Å². The highest BCUT2D eigenvalue weighted by molar-refractivity contribution is 5.87. The number of aliphatic carboxylic acids is 1. The second-order valence-electron chi connectivity index (χ2n) is 5.17. The molecule has 1 aliphatic heterocycles. The molecule has 0 aliphatic carbocycles. The molecule has 1 N–H and O–H groups in total. The summed E-state index contributed by atoms with van der Waals surface area (Å²) >= 11 is 0. The Morgan fingerprint density at radius 3 is 2.47 bits per heavy atom. The number of hydrogen-bond acceptors (Lipinski definition) is 3. The highest BCUT2D eigenvalue weighted by Gasteiger charge is 2.49. The summed E-state index contributed by atoms with van der Waals surface area (Å²) in [5.41, 5.74) is -1.95. The summed E-state index contributed by atoms with van der Waals surface area (Å²) in [6, 6.07) is 0. The number of hydrogen-bond donors (Lipinski definition) is 1. The molecule has 1 saturated heterocycles. The molecule has 1 aliphatic rings. The van der Waals surface area contributed by atoms with E-state index >= 15 is 0 Å². The molecule has 1 rings (SSSR count). The van der Waals surface area contributed by atoms with Crippen molar-refractivity contribution < 1.29 is 19.4 Å². The minimum absolute atomic E-state index is 0.380. The van der Waals surface area contributed by atoms with Crippen LogP contribution in [0.3, 0.4) is 0 Å². The topological polar surface area (TPSA) is 66.8 Å². The molecule has 1 heterocycles. The van der Waals surface area contributed by atoms with Crippen molar-refractivity contribution in [3.8, 4) is 0 Å². The van der Waals surface area contributed by atoms with Crippen LogP contribution in [0.1, 0.15) is 33.6 Å². The Balaban J connectivity index is 2.93. The van der Waals surface area contributed by atoms with Gasteiger partial charge in [-0.15, -0.1) is 6.58 Å². The van der Waals surface area contributed by atoms with E-state index in [1.807, 2.05) is 0 Å². The van der Waals surface area contributed by atoms with Crippen molar-refractivity contribution >= 4 is 12.1 Å². The predicted molar refractivity (Wildman–Crippen MR) is 62.7 cm³/mol. The highest BCUT2D eigenvalue weighted by Crippen LogP contribution is 2.32. The van der Waals surface area contributed by atoms with E-state index in [-0.39, 0.29) is 0 Å². The zero-order valence-electron chi connectivity index (χ0n) is 10.5. The van der Waals surface area contributed by atoms with Crippen LogP contribution in [0, 0.1) is 0 Å². The second kappa shape index (κ2) is 4.39. The van der Waals surface area contributed by atoms with Crippen molar-refractivity contribution in [3.63, 3.8) is 0 Å². The molecule has 5 nitrogen and oxygen atoms in total. The van der Waals surface area contributed by atoms with Gasteiger partial charge in [0, 0.05) is 6.54 Å². The minimum Gasteiger partial charge on any atom is -0.479 e. The zero-order chi connectivity index (χ0) is 13.3. The van der Waals surface area contributed by atoms with Crippen molar-refractivity contribution in [1.29, 1.82) is 0 Å². The molecule has 17 heavy (non-hydrogen) atoms. The Morgan fingerprint density at radius 1 is 1.47 bits per heavy atom. The third-order valence-electron chi connectivity index (χ3n) is 2.74. The normalized spacial score (nSPS) is 24.5. The first-order valence-electron chi connectivity index (χ1n) is 5.60. The SMILES string of the molecule is C=C[C@]1(C(=O)O)CCCN1C(=O)OC(C)(C)C. The Morgan fingerprint density at radius 2 is 2.06 bits per heavy atom. The first kappa shape index (κ1) is 13.5. The lowest BCUT2D eigenvalue weighted by molar-refractivity contribution is -0.146. The van der Waals surface area contributed by atoms with Gasteiger partial charge in [0.25, 0.3) is 0 Å². The molecular weight excluding hydrogens is 222 g/mol. The summed E-state index contributed by atoms with van der Waals surface area (Å²) in [4.78, 5) is 24.5. The molecule has 0 spiro atoms. The fraction of sp³-hybridized carbons (Fsp3) is 0.667. The van der Waals surface area contributed by atoms with Gasteiger partial charge in [0.05, 0.1) is 0 Å². The molecule has 96 valence electrons. The van der Waals surface area contributed by atoms with Crippen molar-refractivity contribution in [2.75, 3.05) is 6.54 Å². The van der Waals surface area contributed by atoms with Crippen LogP contribution in [0.4, 0.5) is 4.79 Å². The molecule has 0 bridgehead atoms. The molecule has 5 heteroatoms. The Kier molecular flexibility index (Phi) is 3.50. The third-order valence-corrected chi connectivity index (χ3v) is 2.74. The second-order valence-corrected chi connectivity index (χ2v) is 5.17. The Labute approximate surface area is 101 Å². The maximum Gasteiger partial charge on any atom is 0.411 e. The summed E-state index contributed by atoms with van der Waals surface area (Å²) in [6.07, 6.45) is 1.73. The van der Waals surface area contributed by atoms with E-state index < -0.39 is 23.2 Å². The highest BCUT2D eigenvalue weighted by atomic mass is 16.6. The molecule has 1 amide bonds. The maximum absolute atomic E-state index is 11.9. The number of nitrogens with zero attached hydrogens (tertiary/aromatic N) is 1. The molecule has 1 atom stereocenters. The van der Waals surface area contributed by atoms with Crippen LogP contribution in [0.5, 0.6) is 0 Å². The van der Waals surface area contributed by atoms with Gasteiger partial charge in [0.1, 0.15) is 5.60 Å². The first-order valence-corrected chi connectivity index (χ1v) is 5.60. The zero-order valence-corrected chi connectivity index (χ0v) is 10.5. The first-order chi connectivity index (χ1) is 7.73. The van der Waals surface area contributed by atoms with Crippen molar-refractivity contribution in [2.45, 2.75) is 44.8 Å². The summed E-state index contributed by atoms with van der Waals surface area (Å²) < 4.78 is 5.20. The maximum atomic E-state index is 11.9. The summed E-state index contributed by atoms with van der Waals surface area (Å²) in [6.45, 7) is 9.16. The summed E-state index contributed by atoms with van der Waals surface area (Å²) in [5, 5.41) is 9.26. The molecule has 0 unspecified atom stereocenters. The third kappa shape index (κ3) is 2.60. The average molecular weight is 241 g/mol. The van der Waals surface area contributed by atoms with Crippen LogP contribution in [0.15, 0.2) is 12.7 Å². The number of carbonyl (C=O) groups is 2. The van der Waals surface area contributed by atoms with Gasteiger partial charge >= 0.3 is 12.1 Å². The quantitative estimate of drug-likeness (QED) is 0.751. The van der Waals surface area contributed by atoms with Gasteiger partial charge in [-0.05, 0) is 33.6 Å². The van der Waals surface area contributed by atoms with E-state index in [4.69, 9.17) is 4.74 Å². The van der Waals surface area contributed by atoms with Crippen LogP contribution < -0.4 is 0 Å². The van der Waals surface area contributed by atoms with E-state index in [0.29, 0.717) is 19.4 Å². The number of likely N-dealkylation sites (tertiary alicyclic amines) is 1. The van der Waals surface area contributed by atoms with Crippen LogP contribution in [0.25, 0.3) is 0 Å². The van der Waals surface area contributed by atoms with Crippen molar-refractivity contribution in [3.05, 3.63) is 12.7 Å². The number of ether oxygens (including phenoxy) is 1. The van der Waals surface area contributed by atoms with Crippen LogP contribution in [0.2, 0.25) is 0 Å². The van der Waals surface area contributed by atoms with E-state index in [9.17, 15) is 14.7 Å². The van der Waals surface area contributed by atoms with Gasteiger partial charge in [0.2, 0.25) is 0 Å². The molecular formula is C12H19NO4. The number of amides is 1. The van der Waals surface area contributed by atoms with Crippen molar-refractivity contribution in [2.24, 2.45) is 0 Å². The Hall–Kier alpha value is -1.52. The Bertz CT molecular complexity index is 345.